The Kier molecular flexibility index (Phi) is 1.54. The van der Waals surface area contributed by atoms with Crippen LogP contribution < -0.4 is 0 Å². The van der Waals surface area contributed by atoms with Crippen LogP contribution in [0.25, 0.3) is 0 Å². The lowest BCUT2D eigenvalue weighted by atomic mass is 9.94. The summed E-state index contributed by atoms with van der Waals surface area (Å²) in [5.74, 6) is -6.15. The molecule has 0 bridgehead atoms. The third kappa shape index (κ3) is 0.936. The Hall–Kier alpha value is -0.800. The van der Waals surface area contributed by atoms with Crippen molar-refractivity contribution in [1.82, 2.24) is 0 Å². The lowest BCUT2D eigenvalue weighted by Crippen LogP contribution is -2.40. The van der Waals surface area contributed by atoms with Crippen molar-refractivity contribution in [2.75, 3.05) is 0 Å². The third-order valence-electron chi connectivity index (χ3n) is 1.51. The predicted molar refractivity (Wildman–Crippen MR) is 28.8 cm³/mol. The van der Waals surface area contributed by atoms with Gasteiger partial charge in [0.1, 0.15) is 0 Å². The average molecular weight is 148 g/mol. The summed E-state index contributed by atoms with van der Waals surface area (Å²) in [6.45, 7) is 0. The minimum Gasteiger partial charge on any atom is -0.292 e. The van der Waals surface area contributed by atoms with Gasteiger partial charge in [0.2, 0.25) is 11.6 Å². The number of Topliss-reactive ketones (excluding diaryl/α,β-unsaturated/α-hetero) is 2. The van der Waals surface area contributed by atoms with Crippen molar-refractivity contribution in [3.05, 3.63) is 0 Å². The number of hydrogen-bond acceptors (Lipinski definition) is 2. The van der Waals surface area contributed by atoms with E-state index in [-0.39, 0.29) is 19.3 Å². The minimum absolute atomic E-state index is 0.168. The zero-order valence-corrected chi connectivity index (χ0v) is 5.19. The van der Waals surface area contributed by atoms with E-state index in [9.17, 15) is 18.4 Å². The number of carbonyl (C=O) groups excluding carboxylic acids is 2. The first kappa shape index (κ1) is 7.31. The highest BCUT2D eigenvalue weighted by molar-refractivity contribution is 6.10. The molecule has 1 aliphatic rings. The molecular weight excluding hydrogens is 142 g/mol. The molecule has 56 valence electrons. The maximum atomic E-state index is 12.3. The first-order chi connectivity index (χ1) is 4.55. The predicted octanol–water partition coefficient (Wildman–Crippen LogP) is 0.944. The molecule has 10 heavy (non-hydrogen) atoms. The van der Waals surface area contributed by atoms with Crippen molar-refractivity contribution in [3.63, 3.8) is 0 Å². The summed E-state index contributed by atoms with van der Waals surface area (Å²) in [6.07, 6.45) is -0.0647. The van der Waals surface area contributed by atoms with Gasteiger partial charge in [-0.1, -0.05) is 0 Å². The van der Waals surface area contributed by atoms with E-state index in [1.807, 2.05) is 0 Å². The topological polar surface area (TPSA) is 34.1 Å². The molecular formula is C6H6F2O2. The van der Waals surface area contributed by atoms with E-state index in [4.69, 9.17) is 0 Å². The molecule has 0 atom stereocenters. The highest BCUT2D eigenvalue weighted by atomic mass is 19.3. The fourth-order valence-electron chi connectivity index (χ4n) is 0.879. The molecule has 0 heterocycles. The monoisotopic (exact) mass is 148 g/mol. The van der Waals surface area contributed by atoms with Crippen LogP contribution >= 0.6 is 0 Å². The summed E-state index contributed by atoms with van der Waals surface area (Å²) in [5, 5.41) is 0. The number of halogens is 2. The van der Waals surface area contributed by atoms with Crippen LogP contribution in [0.5, 0.6) is 0 Å². The van der Waals surface area contributed by atoms with Crippen molar-refractivity contribution in [3.8, 4) is 0 Å². The Labute approximate surface area is 56.2 Å². The van der Waals surface area contributed by atoms with Gasteiger partial charge in [0.15, 0.2) is 0 Å². The van der Waals surface area contributed by atoms with Crippen LogP contribution in [0.15, 0.2) is 0 Å². The molecule has 0 spiro atoms. The van der Waals surface area contributed by atoms with E-state index in [1.165, 1.54) is 0 Å². The summed E-state index contributed by atoms with van der Waals surface area (Å²) in [6, 6.07) is 0. The number of rotatable bonds is 0. The van der Waals surface area contributed by atoms with Gasteiger partial charge >= 0.3 is 5.92 Å². The van der Waals surface area contributed by atoms with E-state index in [0.29, 0.717) is 0 Å². The molecule has 0 radical (unpaired) electrons. The minimum atomic E-state index is -3.68. The number of alkyl halides is 2. The largest absolute Gasteiger partial charge is 0.362 e. The molecule has 0 aliphatic heterocycles. The molecule has 0 amide bonds. The Morgan fingerprint density at radius 3 is 1.80 bits per heavy atom. The lowest BCUT2D eigenvalue weighted by Gasteiger charge is -2.17. The van der Waals surface area contributed by atoms with Crippen molar-refractivity contribution >= 4 is 11.6 Å². The highest BCUT2D eigenvalue weighted by Gasteiger charge is 2.47. The quantitative estimate of drug-likeness (QED) is 0.479. The third-order valence-corrected chi connectivity index (χ3v) is 1.51. The second-order valence-corrected chi connectivity index (χ2v) is 2.27. The molecule has 1 rings (SSSR count). The van der Waals surface area contributed by atoms with Crippen LogP contribution in [0.4, 0.5) is 8.78 Å². The van der Waals surface area contributed by atoms with Gasteiger partial charge in [-0.05, 0) is 6.42 Å². The van der Waals surface area contributed by atoms with Crippen LogP contribution in [0.2, 0.25) is 0 Å². The van der Waals surface area contributed by atoms with Gasteiger partial charge in [-0.15, -0.1) is 0 Å². The van der Waals surface area contributed by atoms with Crippen molar-refractivity contribution in [2.24, 2.45) is 0 Å². The zero-order valence-electron chi connectivity index (χ0n) is 5.19. The first-order valence-electron chi connectivity index (χ1n) is 2.99. The molecule has 1 fully saturated rings. The molecule has 1 aliphatic carbocycles. The summed E-state index contributed by atoms with van der Waals surface area (Å²) in [5.41, 5.74) is 0. The number of hydrogen-bond donors (Lipinski definition) is 0. The van der Waals surface area contributed by atoms with E-state index >= 15 is 0 Å². The maximum absolute atomic E-state index is 12.3. The number of ketones is 2. The Morgan fingerprint density at radius 1 is 1.10 bits per heavy atom. The second-order valence-electron chi connectivity index (χ2n) is 2.27. The molecule has 0 aromatic heterocycles. The molecule has 0 unspecified atom stereocenters. The Balaban J connectivity index is 2.83. The van der Waals surface area contributed by atoms with Gasteiger partial charge in [0.25, 0.3) is 0 Å². The molecule has 0 aromatic rings. The molecule has 0 saturated heterocycles. The molecule has 4 heteroatoms. The van der Waals surface area contributed by atoms with Gasteiger partial charge in [-0.3, -0.25) is 9.59 Å². The standard InChI is InChI=1S/C6H6F2O2/c7-6(8)4(9)2-1-3-5(6)10/h1-3H2. The van der Waals surface area contributed by atoms with Gasteiger partial charge < -0.3 is 0 Å². The van der Waals surface area contributed by atoms with Crippen molar-refractivity contribution in [2.45, 2.75) is 25.2 Å². The average Bonchev–Trinajstić information content (AvgIpc) is 1.84. The van der Waals surface area contributed by atoms with Gasteiger partial charge in [-0.25, -0.2) is 0 Å². The Bertz CT molecular complexity index is 168. The van der Waals surface area contributed by atoms with Gasteiger partial charge in [0, 0.05) is 12.8 Å². The van der Waals surface area contributed by atoms with Crippen molar-refractivity contribution < 1.29 is 18.4 Å². The highest BCUT2D eigenvalue weighted by Crippen LogP contribution is 2.26. The molecule has 0 aromatic carbocycles. The van der Waals surface area contributed by atoms with Crippen LogP contribution in [-0.4, -0.2) is 17.5 Å². The fourth-order valence-corrected chi connectivity index (χ4v) is 0.879. The lowest BCUT2D eigenvalue weighted by molar-refractivity contribution is -0.159. The second kappa shape index (κ2) is 2.11. The number of carbonyl (C=O) groups is 2. The van der Waals surface area contributed by atoms with E-state index in [1.54, 1.807) is 0 Å². The van der Waals surface area contributed by atoms with Crippen LogP contribution in [-0.2, 0) is 9.59 Å². The fraction of sp³-hybridized carbons (Fsp3) is 0.667. The maximum Gasteiger partial charge on any atom is 0.362 e. The van der Waals surface area contributed by atoms with E-state index in [2.05, 4.69) is 0 Å². The van der Waals surface area contributed by atoms with Gasteiger partial charge in [0.05, 0.1) is 0 Å². The van der Waals surface area contributed by atoms with Crippen LogP contribution in [0, 0.1) is 0 Å². The van der Waals surface area contributed by atoms with E-state index < -0.39 is 17.5 Å². The zero-order chi connectivity index (χ0) is 7.78. The summed E-state index contributed by atoms with van der Waals surface area (Å²) in [7, 11) is 0. The normalized spacial score (nSPS) is 25.0. The van der Waals surface area contributed by atoms with Crippen molar-refractivity contribution in [1.29, 1.82) is 0 Å². The summed E-state index contributed by atoms with van der Waals surface area (Å²) >= 11 is 0. The van der Waals surface area contributed by atoms with Crippen LogP contribution in [0.1, 0.15) is 19.3 Å². The first-order valence-corrected chi connectivity index (χ1v) is 2.99. The molecule has 0 N–H and O–H groups in total. The molecule has 2 nitrogen and oxygen atoms in total. The summed E-state index contributed by atoms with van der Waals surface area (Å²) < 4.78 is 24.6. The Morgan fingerprint density at radius 2 is 1.50 bits per heavy atom. The van der Waals surface area contributed by atoms with Gasteiger partial charge in [-0.2, -0.15) is 8.78 Å². The smallest absolute Gasteiger partial charge is 0.292 e. The SMILES string of the molecule is O=C1CCCC(=O)C1(F)F. The van der Waals surface area contributed by atoms with E-state index in [0.717, 1.165) is 0 Å². The summed E-state index contributed by atoms with van der Waals surface area (Å²) in [4.78, 5) is 20.7. The van der Waals surface area contributed by atoms with Crippen LogP contribution in [0.3, 0.4) is 0 Å². The molecule has 1 saturated carbocycles.